The summed E-state index contributed by atoms with van der Waals surface area (Å²) in [5.41, 5.74) is -1.84. The molecule has 3 fully saturated rings. The number of fused-ring (bicyclic) bond motifs is 5. The number of ketones is 1. The number of hydrogen-bond donors (Lipinski definition) is 4. The highest BCUT2D eigenvalue weighted by molar-refractivity contribution is 6.06. The van der Waals surface area contributed by atoms with Crippen molar-refractivity contribution in [2.24, 2.45) is 39.6 Å². The third kappa shape index (κ3) is 4.04. The van der Waals surface area contributed by atoms with E-state index in [0.717, 1.165) is 31.3 Å². The lowest BCUT2D eigenvalue weighted by Crippen LogP contribution is -2.69. The van der Waals surface area contributed by atoms with E-state index in [-0.39, 0.29) is 24.2 Å². The van der Waals surface area contributed by atoms with E-state index >= 15 is 4.39 Å². The average molecular weight is 543 g/mol. The quantitative estimate of drug-likeness (QED) is 0.317. The molecule has 0 aromatic carbocycles. The van der Waals surface area contributed by atoms with Gasteiger partial charge in [0.2, 0.25) is 5.91 Å². The molecule has 4 N–H and O–H groups in total. The van der Waals surface area contributed by atoms with Crippen LogP contribution in [0.3, 0.4) is 0 Å². The van der Waals surface area contributed by atoms with Crippen LogP contribution in [0.15, 0.2) is 41.1 Å². The van der Waals surface area contributed by atoms with Crippen molar-refractivity contribution in [3.63, 3.8) is 0 Å². The highest BCUT2D eigenvalue weighted by atomic mass is 19.1. The van der Waals surface area contributed by atoms with Gasteiger partial charge in [0.05, 0.1) is 11.8 Å². The monoisotopic (exact) mass is 542 g/mol. The van der Waals surface area contributed by atoms with E-state index in [2.05, 4.69) is 22.7 Å². The van der Waals surface area contributed by atoms with Crippen LogP contribution in [0.5, 0.6) is 0 Å². The first-order valence-corrected chi connectivity index (χ1v) is 14.6. The van der Waals surface area contributed by atoms with Gasteiger partial charge in [0.15, 0.2) is 11.5 Å². The Morgan fingerprint density at radius 2 is 1.95 bits per heavy atom. The molecule has 0 aromatic rings. The maximum absolute atomic E-state index is 17.5. The molecule has 0 saturated heterocycles. The van der Waals surface area contributed by atoms with Crippen molar-refractivity contribution in [2.45, 2.75) is 95.9 Å². The zero-order valence-corrected chi connectivity index (χ0v) is 23.3. The maximum Gasteiger partial charge on any atom is 0.243 e. The zero-order valence-electron chi connectivity index (χ0n) is 23.3. The first-order chi connectivity index (χ1) is 18.4. The summed E-state index contributed by atoms with van der Waals surface area (Å²) < 4.78 is 17.5. The van der Waals surface area contributed by atoms with Gasteiger partial charge in [-0.15, -0.1) is 0 Å². The molecule has 7 nitrogen and oxygen atoms in total. The van der Waals surface area contributed by atoms with Crippen LogP contribution in [-0.2, 0) is 9.59 Å². The van der Waals surface area contributed by atoms with E-state index in [9.17, 15) is 24.9 Å². The van der Waals surface area contributed by atoms with Gasteiger partial charge in [0.25, 0.3) is 0 Å². The molecule has 0 bridgehead atoms. The van der Waals surface area contributed by atoms with Crippen molar-refractivity contribution in [2.75, 3.05) is 6.61 Å². The summed E-state index contributed by atoms with van der Waals surface area (Å²) in [5, 5.41) is 37.1. The number of allylic oxidation sites excluding steroid dienone is 6. The standard InChI is InChI=1S/C31H43FN2O5/c1-19-15-24-23-12-11-21-16-22(33-34-27(38)20-9-7-5-4-6-8-10-20)13-14-28(21,2)30(23,32)25(36)17-29(24,3)31(19,39)26(37)18-35/h5,7,13-14,16,19-20,23-25,35-36,39H,4,6,8-12,15,17-18H2,1-3H3,(H,34,38)/b7-5-,33-22+/t19-,20?,23+,24+,25+,28+,29+,30+,31+/m1/s1. The molecule has 5 aliphatic carbocycles. The molecule has 0 radical (unpaired) electrons. The summed E-state index contributed by atoms with van der Waals surface area (Å²) in [6.07, 6.45) is 14.2. The van der Waals surface area contributed by atoms with E-state index in [0.29, 0.717) is 31.4 Å². The molecule has 1 amide bonds. The molecule has 0 aromatic heterocycles. The third-order valence-electron chi connectivity index (χ3n) is 11.2. The van der Waals surface area contributed by atoms with Gasteiger partial charge in [0.1, 0.15) is 12.2 Å². The second-order valence-electron chi connectivity index (χ2n) is 13.0. The molecule has 9 atom stereocenters. The minimum absolute atomic E-state index is 0.0687. The number of nitrogens with zero attached hydrogens (tertiary/aromatic N) is 1. The van der Waals surface area contributed by atoms with Gasteiger partial charge in [-0.25, -0.2) is 9.82 Å². The van der Waals surface area contributed by atoms with Crippen molar-refractivity contribution < 1.29 is 29.3 Å². The minimum atomic E-state index is -2.00. The van der Waals surface area contributed by atoms with Crippen LogP contribution in [0.25, 0.3) is 0 Å². The van der Waals surface area contributed by atoms with Crippen molar-refractivity contribution >= 4 is 17.4 Å². The van der Waals surface area contributed by atoms with Crippen molar-refractivity contribution in [3.05, 3.63) is 36.0 Å². The van der Waals surface area contributed by atoms with Gasteiger partial charge >= 0.3 is 0 Å². The Kier molecular flexibility index (Phi) is 7.30. The molecule has 0 heterocycles. The van der Waals surface area contributed by atoms with Gasteiger partial charge in [-0.2, -0.15) is 5.10 Å². The summed E-state index contributed by atoms with van der Waals surface area (Å²) in [7, 11) is 0. The van der Waals surface area contributed by atoms with Crippen molar-refractivity contribution in [1.29, 1.82) is 0 Å². The number of aliphatic hydroxyl groups excluding tert-OH is 2. The molecule has 3 saturated carbocycles. The molecule has 39 heavy (non-hydrogen) atoms. The smallest absolute Gasteiger partial charge is 0.243 e. The number of nitrogens with one attached hydrogen (secondary N) is 1. The Balaban J connectivity index is 1.39. The molecule has 0 spiro atoms. The van der Waals surface area contributed by atoms with Crippen molar-refractivity contribution in [1.82, 2.24) is 5.43 Å². The number of aliphatic hydroxyl groups is 3. The second-order valence-corrected chi connectivity index (χ2v) is 13.0. The lowest BCUT2D eigenvalue weighted by Gasteiger charge is -2.62. The lowest BCUT2D eigenvalue weighted by molar-refractivity contribution is -0.219. The number of rotatable bonds is 4. The Morgan fingerprint density at radius 1 is 1.18 bits per heavy atom. The van der Waals surface area contributed by atoms with Gasteiger partial charge in [-0.3, -0.25) is 9.59 Å². The van der Waals surface area contributed by atoms with E-state index < -0.39 is 52.4 Å². The van der Waals surface area contributed by atoms with Crippen LogP contribution in [0.1, 0.15) is 78.6 Å². The fourth-order valence-corrected chi connectivity index (χ4v) is 8.94. The topological polar surface area (TPSA) is 119 Å². The van der Waals surface area contributed by atoms with Gasteiger partial charge < -0.3 is 15.3 Å². The fourth-order valence-electron chi connectivity index (χ4n) is 8.94. The molecule has 5 aliphatic rings. The van der Waals surface area contributed by atoms with E-state index in [4.69, 9.17) is 0 Å². The Labute approximate surface area is 230 Å². The average Bonchev–Trinajstić information content (AvgIpc) is 3.08. The number of carbonyl (C=O) groups is 2. The van der Waals surface area contributed by atoms with Gasteiger partial charge in [-0.1, -0.05) is 44.1 Å². The predicted octanol–water partition coefficient (Wildman–Crippen LogP) is 3.94. The molecular formula is C31H43FN2O5. The molecular weight excluding hydrogens is 499 g/mol. The molecule has 1 unspecified atom stereocenters. The number of hydrogen-bond acceptors (Lipinski definition) is 6. The Hall–Kier alpha value is -2.16. The number of halogens is 1. The normalized spacial score (nSPS) is 47.2. The second kappa shape index (κ2) is 10.0. The Bertz CT molecular complexity index is 1150. The summed E-state index contributed by atoms with van der Waals surface area (Å²) in [5.74, 6) is -2.21. The highest BCUT2D eigenvalue weighted by Crippen LogP contribution is 2.70. The SMILES string of the molecule is C[C@@H]1C[C@H]2[C@@H]3CCC4=C/C(=N/NC(=O)C5C/C=C\CCCC5)C=C[C@]4(C)[C@@]3(F)[C@@H](O)C[C@]2(C)[C@@]1(O)C(=O)CO. The Morgan fingerprint density at radius 3 is 2.69 bits per heavy atom. The van der Waals surface area contributed by atoms with E-state index in [1.165, 1.54) is 0 Å². The van der Waals surface area contributed by atoms with Crippen LogP contribution >= 0.6 is 0 Å². The first kappa shape index (κ1) is 28.4. The van der Waals surface area contributed by atoms with Crippen LogP contribution in [0, 0.1) is 34.5 Å². The number of alkyl halides is 1. The molecule has 0 aliphatic heterocycles. The molecule has 214 valence electrons. The first-order valence-electron chi connectivity index (χ1n) is 14.6. The fraction of sp³-hybridized carbons (Fsp3) is 0.710. The van der Waals surface area contributed by atoms with Crippen LogP contribution in [0.2, 0.25) is 0 Å². The largest absolute Gasteiger partial charge is 0.390 e. The third-order valence-corrected chi connectivity index (χ3v) is 11.2. The number of amides is 1. The minimum Gasteiger partial charge on any atom is -0.390 e. The van der Waals surface area contributed by atoms with Gasteiger partial charge in [-0.05, 0) is 82.3 Å². The number of hydrazone groups is 1. The summed E-state index contributed by atoms with van der Waals surface area (Å²) in [6, 6.07) is 0. The van der Waals surface area contributed by atoms with Crippen LogP contribution in [0.4, 0.5) is 4.39 Å². The predicted molar refractivity (Wildman–Crippen MR) is 146 cm³/mol. The number of carbonyl (C=O) groups excluding carboxylic acids is 2. The summed E-state index contributed by atoms with van der Waals surface area (Å²) in [6.45, 7) is 4.59. The summed E-state index contributed by atoms with van der Waals surface area (Å²) >= 11 is 0. The van der Waals surface area contributed by atoms with Gasteiger partial charge in [0, 0.05) is 22.7 Å². The van der Waals surface area contributed by atoms with E-state index in [1.807, 2.05) is 13.0 Å². The van der Waals surface area contributed by atoms with E-state index in [1.54, 1.807) is 26.0 Å². The zero-order chi connectivity index (χ0) is 28.2. The van der Waals surface area contributed by atoms with Crippen LogP contribution in [-0.4, -0.2) is 56.7 Å². The molecule has 8 heteroatoms. The highest BCUT2D eigenvalue weighted by Gasteiger charge is 2.75. The number of Topliss-reactive ketones (excluding diaryl/α,β-unsaturated/α-hetero) is 1. The lowest BCUT2D eigenvalue weighted by atomic mass is 9.44. The maximum atomic E-state index is 17.5. The van der Waals surface area contributed by atoms with Crippen LogP contribution < -0.4 is 5.43 Å². The summed E-state index contributed by atoms with van der Waals surface area (Å²) in [4.78, 5) is 25.5. The van der Waals surface area contributed by atoms with Crippen molar-refractivity contribution in [3.8, 4) is 0 Å². The molecule has 5 rings (SSSR count).